The van der Waals surface area contributed by atoms with Crippen LogP contribution < -0.4 is 0 Å². The monoisotopic (exact) mass is 427 g/mol. The highest BCUT2D eigenvalue weighted by Crippen LogP contribution is 2.40. The highest BCUT2D eigenvalue weighted by molar-refractivity contribution is 7.33. The normalized spacial score (nSPS) is 38.3. The molecule has 2 radical (unpaired) electrons. The molecule has 0 aromatic heterocycles. The van der Waals surface area contributed by atoms with Crippen molar-refractivity contribution in [3.05, 3.63) is 0 Å². The fourth-order valence-corrected chi connectivity index (χ4v) is 5.39. The van der Waals surface area contributed by atoms with Crippen LogP contribution in [0.2, 0.25) is 0 Å². The second-order valence-corrected chi connectivity index (χ2v) is 10.9. The standard InChI is InChI=1S/C22H41BO5P/c1-13(2)10-18-15(5)17(7)27-20(18)8-9-25-29(24)26-12-19-16(6)22(23)28-21(19)11-14(3)4/h13-22H,8-12H2,1-7H3/q+1/t15?,16?,17-,18+,19+,20+,21+,22+/m0/s1. The van der Waals surface area contributed by atoms with E-state index in [4.69, 9.17) is 26.4 Å². The van der Waals surface area contributed by atoms with Crippen molar-refractivity contribution < 1.29 is 23.1 Å². The summed E-state index contributed by atoms with van der Waals surface area (Å²) in [7, 11) is 3.92. The summed E-state index contributed by atoms with van der Waals surface area (Å²) in [5.41, 5.74) is 0. The first-order valence-electron chi connectivity index (χ1n) is 11.4. The van der Waals surface area contributed by atoms with Crippen LogP contribution in [0.4, 0.5) is 0 Å². The van der Waals surface area contributed by atoms with E-state index in [9.17, 15) is 4.57 Å². The highest BCUT2D eigenvalue weighted by Gasteiger charge is 2.42. The van der Waals surface area contributed by atoms with Crippen molar-refractivity contribution in [2.24, 2.45) is 35.5 Å². The van der Waals surface area contributed by atoms with Crippen LogP contribution in [0.5, 0.6) is 0 Å². The van der Waals surface area contributed by atoms with Crippen molar-refractivity contribution in [3.8, 4) is 0 Å². The lowest BCUT2D eigenvalue weighted by Crippen LogP contribution is -2.25. The van der Waals surface area contributed by atoms with E-state index < -0.39 is 8.25 Å². The molecule has 7 heteroatoms. The Morgan fingerprint density at radius 2 is 1.55 bits per heavy atom. The molecule has 0 saturated carbocycles. The van der Waals surface area contributed by atoms with E-state index in [1.54, 1.807) is 0 Å². The lowest BCUT2D eigenvalue weighted by Gasteiger charge is -2.22. The van der Waals surface area contributed by atoms with Crippen LogP contribution in [-0.2, 0) is 23.1 Å². The number of ether oxygens (including phenoxy) is 2. The topological polar surface area (TPSA) is 54.0 Å². The van der Waals surface area contributed by atoms with E-state index in [1.165, 1.54) is 0 Å². The molecule has 2 aliphatic heterocycles. The molecule has 9 atom stereocenters. The molecular formula is C22H41BO5P+. The van der Waals surface area contributed by atoms with Crippen LogP contribution in [0.15, 0.2) is 0 Å². The van der Waals surface area contributed by atoms with Gasteiger partial charge in [-0.2, -0.15) is 0 Å². The molecule has 166 valence electrons. The number of hydrogen-bond donors (Lipinski definition) is 0. The summed E-state index contributed by atoms with van der Waals surface area (Å²) in [5.74, 6) is 2.54. The summed E-state index contributed by atoms with van der Waals surface area (Å²) in [5, 5.41) is 0. The van der Waals surface area contributed by atoms with Gasteiger partial charge in [0.15, 0.2) is 0 Å². The van der Waals surface area contributed by atoms with Gasteiger partial charge in [-0.3, -0.25) is 0 Å². The minimum absolute atomic E-state index is 0.0510. The van der Waals surface area contributed by atoms with Crippen LogP contribution in [0.25, 0.3) is 0 Å². The molecule has 29 heavy (non-hydrogen) atoms. The van der Waals surface area contributed by atoms with Gasteiger partial charge in [-0.05, 0) is 49.4 Å². The largest absolute Gasteiger partial charge is 0.697 e. The number of hydrogen-bond acceptors (Lipinski definition) is 5. The summed E-state index contributed by atoms with van der Waals surface area (Å²) in [6.45, 7) is 16.1. The molecule has 2 heterocycles. The molecule has 3 unspecified atom stereocenters. The maximum Gasteiger partial charge on any atom is 0.697 e. The van der Waals surface area contributed by atoms with Crippen LogP contribution in [0.1, 0.15) is 67.7 Å². The molecule has 2 rings (SSSR count). The van der Waals surface area contributed by atoms with E-state index in [2.05, 4.69) is 48.5 Å². The lowest BCUT2D eigenvalue weighted by atomic mass is 9.80. The quantitative estimate of drug-likeness (QED) is 0.329. The molecule has 0 spiro atoms. The third-order valence-corrected chi connectivity index (χ3v) is 7.46. The lowest BCUT2D eigenvalue weighted by molar-refractivity contribution is 0.0234. The van der Waals surface area contributed by atoms with E-state index in [0.29, 0.717) is 36.9 Å². The Labute approximate surface area is 180 Å². The zero-order chi connectivity index (χ0) is 21.7. The average molecular weight is 427 g/mol. The van der Waals surface area contributed by atoms with Crippen molar-refractivity contribution in [1.29, 1.82) is 0 Å². The molecule has 0 aromatic rings. The summed E-state index contributed by atoms with van der Waals surface area (Å²) >= 11 is 0. The highest BCUT2D eigenvalue weighted by atomic mass is 31.1. The van der Waals surface area contributed by atoms with E-state index >= 15 is 0 Å². The van der Waals surface area contributed by atoms with E-state index in [1.807, 2.05) is 0 Å². The second-order valence-electron chi connectivity index (χ2n) is 9.97. The molecular weight excluding hydrogens is 386 g/mol. The van der Waals surface area contributed by atoms with Crippen LogP contribution in [0.3, 0.4) is 0 Å². The third-order valence-electron chi connectivity index (χ3n) is 6.70. The smallest absolute Gasteiger partial charge is 0.384 e. The van der Waals surface area contributed by atoms with Crippen molar-refractivity contribution in [1.82, 2.24) is 0 Å². The minimum atomic E-state index is -2.14. The predicted molar refractivity (Wildman–Crippen MR) is 117 cm³/mol. The molecule has 5 nitrogen and oxygen atoms in total. The Morgan fingerprint density at radius 1 is 0.897 bits per heavy atom. The van der Waals surface area contributed by atoms with Crippen molar-refractivity contribution in [2.75, 3.05) is 13.2 Å². The van der Waals surface area contributed by atoms with E-state index in [-0.39, 0.29) is 36.2 Å². The zero-order valence-corrected chi connectivity index (χ0v) is 20.3. The van der Waals surface area contributed by atoms with Crippen LogP contribution in [-0.4, -0.2) is 45.4 Å². The van der Waals surface area contributed by atoms with Crippen molar-refractivity contribution >= 4 is 16.1 Å². The Morgan fingerprint density at radius 3 is 2.17 bits per heavy atom. The molecule has 0 bridgehead atoms. The van der Waals surface area contributed by atoms with Crippen LogP contribution in [0, 0.1) is 35.5 Å². The molecule has 2 fully saturated rings. The molecule has 2 saturated heterocycles. The molecule has 0 amide bonds. The first-order valence-corrected chi connectivity index (χ1v) is 12.5. The SMILES string of the molecule is [B][C@@H]1O[C@H](CC(C)C)[C@H](CO[P+](=O)OCC[C@H]2O[C@@H](C)C(C)[C@H]2CC(C)C)C1C. The maximum atomic E-state index is 12.3. The zero-order valence-electron chi connectivity index (χ0n) is 19.4. The molecule has 0 aromatic carbocycles. The summed E-state index contributed by atoms with van der Waals surface area (Å²) in [6.07, 6.45) is 3.31. The second kappa shape index (κ2) is 11.6. The third kappa shape index (κ3) is 7.28. The van der Waals surface area contributed by atoms with Crippen LogP contribution >= 0.6 is 8.25 Å². The fourth-order valence-electron chi connectivity index (χ4n) is 4.77. The molecule has 0 N–H and O–H groups in total. The van der Waals surface area contributed by atoms with Gasteiger partial charge < -0.3 is 9.47 Å². The first kappa shape index (κ1) is 25.3. The Balaban J connectivity index is 1.75. The van der Waals surface area contributed by atoms with Gasteiger partial charge in [0.1, 0.15) is 21.1 Å². The summed E-state index contributed by atoms with van der Waals surface area (Å²) in [4.78, 5) is 0. The van der Waals surface area contributed by atoms with Gasteiger partial charge in [0.2, 0.25) is 0 Å². The van der Waals surface area contributed by atoms with Gasteiger partial charge in [0.25, 0.3) is 0 Å². The van der Waals surface area contributed by atoms with Gasteiger partial charge in [0, 0.05) is 22.9 Å². The summed E-state index contributed by atoms with van der Waals surface area (Å²) in [6, 6.07) is -0.285. The van der Waals surface area contributed by atoms with Gasteiger partial charge in [-0.15, -0.1) is 9.05 Å². The fraction of sp³-hybridized carbons (Fsp3) is 1.00. The van der Waals surface area contributed by atoms with Crippen molar-refractivity contribution in [2.45, 2.75) is 92.0 Å². The molecule has 2 aliphatic rings. The molecule has 0 aliphatic carbocycles. The van der Waals surface area contributed by atoms with Gasteiger partial charge in [0.05, 0.1) is 18.3 Å². The Kier molecular flexibility index (Phi) is 10.1. The maximum absolute atomic E-state index is 12.3. The Bertz CT molecular complexity index is 515. The van der Waals surface area contributed by atoms with Crippen molar-refractivity contribution in [3.63, 3.8) is 0 Å². The predicted octanol–water partition coefficient (Wildman–Crippen LogP) is 5.34. The van der Waals surface area contributed by atoms with Gasteiger partial charge in [-0.25, -0.2) is 0 Å². The summed E-state index contributed by atoms with van der Waals surface area (Å²) < 4.78 is 35.4. The Hall–Kier alpha value is 0.00494. The minimum Gasteiger partial charge on any atom is -0.384 e. The number of rotatable bonds is 11. The van der Waals surface area contributed by atoms with Gasteiger partial charge in [-0.1, -0.05) is 41.5 Å². The first-order chi connectivity index (χ1) is 13.6. The van der Waals surface area contributed by atoms with E-state index in [0.717, 1.165) is 19.3 Å². The van der Waals surface area contributed by atoms with Gasteiger partial charge >= 0.3 is 8.25 Å². The average Bonchev–Trinajstić information content (AvgIpc) is 3.03.